The van der Waals surface area contributed by atoms with Gasteiger partial charge in [-0.1, -0.05) is 13.8 Å². The van der Waals surface area contributed by atoms with Crippen LogP contribution >= 0.6 is 0 Å². The molecular weight excluding hydrogens is 228 g/mol. The second-order valence-electron chi connectivity index (χ2n) is 4.59. The van der Waals surface area contributed by atoms with Crippen molar-refractivity contribution in [2.24, 2.45) is 11.7 Å². The van der Waals surface area contributed by atoms with Crippen LogP contribution in [0, 0.1) is 12.8 Å². The number of aromatic nitrogens is 2. The van der Waals surface area contributed by atoms with Crippen LogP contribution in [-0.4, -0.2) is 29.2 Å². The minimum absolute atomic E-state index is 0.0753. The number of aryl methyl sites for hydroxylation is 2. The number of rotatable bonds is 6. The maximum Gasteiger partial charge on any atom is 0.253 e. The van der Waals surface area contributed by atoms with Crippen molar-refractivity contribution in [3.05, 3.63) is 23.0 Å². The van der Waals surface area contributed by atoms with Crippen molar-refractivity contribution in [1.82, 2.24) is 15.5 Å². The molecule has 0 aliphatic heterocycles. The summed E-state index contributed by atoms with van der Waals surface area (Å²) >= 11 is 0. The molecule has 5 nitrogen and oxygen atoms in total. The van der Waals surface area contributed by atoms with Gasteiger partial charge < -0.3 is 11.1 Å². The quantitative estimate of drug-likeness (QED) is 0.791. The summed E-state index contributed by atoms with van der Waals surface area (Å²) < 4.78 is 0. The molecule has 0 fully saturated rings. The van der Waals surface area contributed by atoms with E-state index >= 15 is 0 Å². The van der Waals surface area contributed by atoms with Crippen molar-refractivity contribution in [3.8, 4) is 0 Å². The van der Waals surface area contributed by atoms with E-state index < -0.39 is 0 Å². The van der Waals surface area contributed by atoms with Crippen molar-refractivity contribution in [3.63, 3.8) is 0 Å². The molecule has 0 aliphatic rings. The molecule has 18 heavy (non-hydrogen) atoms. The van der Waals surface area contributed by atoms with E-state index in [0.717, 1.165) is 17.8 Å². The number of nitrogens with zero attached hydrogens (tertiary/aromatic N) is 2. The highest BCUT2D eigenvalue weighted by Crippen LogP contribution is 2.08. The van der Waals surface area contributed by atoms with Crippen LogP contribution in [0.5, 0.6) is 0 Å². The minimum atomic E-state index is -0.0753. The summed E-state index contributed by atoms with van der Waals surface area (Å²) in [5.74, 6) is 0.314. The summed E-state index contributed by atoms with van der Waals surface area (Å²) in [5, 5.41) is 10.9. The van der Waals surface area contributed by atoms with E-state index in [1.165, 1.54) is 0 Å². The predicted molar refractivity (Wildman–Crippen MR) is 71.3 cm³/mol. The maximum atomic E-state index is 12.1. The molecule has 5 heteroatoms. The second kappa shape index (κ2) is 7.06. The van der Waals surface area contributed by atoms with Crippen LogP contribution in [-0.2, 0) is 6.42 Å². The van der Waals surface area contributed by atoms with Gasteiger partial charge in [-0.15, -0.1) is 0 Å². The van der Waals surface area contributed by atoms with E-state index in [9.17, 15) is 4.79 Å². The van der Waals surface area contributed by atoms with E-state index in [1.807, 2.05) is 13.8 Å². The van der Waals surface area contributed by atoms with Crippen LogP contribution in [0.25, 0.3) is 0 Å². The third-order valence-corrected chi connectivity index (χ3v) is 2.84. The molecule has 1 amide bonds. The Morgan fingerprint density at radius 2 is 2.22 bits per heavy atom. The number of hydrogen-bond donors (Lipinski definition) is 2. The van der Waals surface area contributed by atoms with E-state index in [2.05, 4.69) is 22.4 Å². The standard InChI is InChI=1S/C13H22N4O/c1-4-12-11(7-10(3)16-17-12)13(18)15-8-9(2)5-6-14/h7,9H,4-6,8,14H2,1-3H3,(H,15,18). The summed E-state index contributed by atoms with van der Waals surface area (Å²) in [6.45, 7) is 7.16. The van der Waals surface area contributed by atoms with Crippen LogP contribution in [0.3, 0.4) is 0 Å². The Morgan fingerprint density at radius 3 is 2.83 bits per heavy atom. The van der Waals surface area contributed by atoms with Gasteiger partial charge in [-0.25, -0.2) is 0 Å². The van der Waals surface area contributed by atoms with E-state index in [1.54, 1.807) is 6.07 Å². The monoisotopic (exact) mass is 250 g/mol. The summed E-state index contributed by atoms with van der Waals surface area (Å²) in [6, 6.07) is 1.79. The van der Waals surface area contributed by atoms with Crippen LogP contribution in [0.1, 0.15) is 42.0 Å². The summed E-state index contributed by atoms with van der Waals surface area (Å²) in [5.41, 5.74) is 7.61. The molecule has 0 bridgehead atoms. The molecule has 3 N–H and O–H groups in total. The van der Waals surface area contributed by atoms with Crippen molar-refractivity contribution in [2.45, 2.75) is 33.6 Å². The fourth-order valence-electron chi connectivity index (χ4n) is 1.72. The number of carbonyl (C=O) groups excluding carboxylic acids is 1. The topological polar surface area (TPSA) is 80.9 Å². The smallest absolute Gasteiger partial charge is 0.253 e. The highest BCUT2D eigenvalue weighted by atomic mass is 16.1. The molecule has 0 saturated carbocycles. The highest BCUT2D eigenvalue weighted by molar-refractivity contribution is 5.95. The van der Waals surface area contributed by atoms with E-state index in [4.69, 9.17) is 5.73 Å². The lowest BCUT2D eigenvalue weighted by Gasteiger charge is -2.12. The lowest BCUT2D eigenvalue weighted by molar-refractivity contribution is 0.0946. The first-order valence-electron chi connectivity index (χ1n) is 6.39. The SMILES string of the molecule is CCc1nnc(C)cc1C(=O)NCC(C)CCN. The number of amides is 1. The first-order valence-corrected chi connectivity index (χ1v) is 6.39. The van der Waals surface area contributed by atoms with Gasteiger partial charge in [0, 0.05) is 6.54 Å². The van der Waals surface area contributed by atoms with E-state index in [0.29, 0.717) is 31.0 Å². The number of nitrogens with one attached hydrogen (secondary N) is 1. The predicted octanol–water partition coefficient (Wildman–Crippen LogP) is 1.06. The molecule has 0 radical (unpaired) electrons. The Kier molecular flexibility index (Phi) is 5.71. The first kappa shape index (κ1) is 14.6. The highest BCUT2D eigenvalue weighted by Gasteiger charge is 2.13. The van der Waals surface area contributed by atoms with Crippen LogP contribution in [0.4, 0.5) is 0 Å². The van der Waals surface area contributed by atoms with Gasteiger partial charge in [0.25, 0.3) is 5.91 Å². The van der Waals surface area contributed by atoms with Crippen molar-refractivity contribution in [1.29, 1.82) is 0 Å². The van der Waals surface area contributed by atoms with Gasteiger partial charge in [0.15, 0.2) is 0 Å². The van der Waals surface area contributed by atoms with Crippen molar-refractivity contribution < 1.29 is 4.79 Å². The Balaban J connectivity index is 2.68. The van der Waals surface area contributed by atoms with Gasteiger partial charge in [0.1, 0.15) is 0 Å². The van der Waals surface area contributed by atoms with Gasteiger partial charge in [-0.3, -0.25) is 4.79 Å². The number of nitrogens with two attached hydrogens (primary N) is 1. The van der Waals surface area contributed by atoms with Crippen LogP contribution in [0.2, 0.25) is 0 Å². The molecule has 100 valence electrons. The summed E-state index contributed by atoms with van der Waals surface area (Å²) in [7, 11) is 0. The molecule has 0 aromatic carbocycles. The largest absolute Gasteiger partial charge is 0.352 e. The van der Waals surface area contributed by atoms with Gasteiger partial charge in [-0.2, -0.15) is 10.2 Å². The Bertz CT molecular complexity index is 406. The zero-order valence-corrected chi connectivity index (χ0v) is 11.4. The number of hydrogen-bond acceptors (Lipinski definition) is 4. The fourth-order valence-corrected chi connectivity index (χ4v) is 1.72. The maximum absolute atomic E-state index is 12.1. The Labute approximate surface area is 108 Å². The molecule has 1 heterocycles. The molecule has 1 aromatic rings. The van der Waals surface area contributed by atoms with E-state index in [-0.39, 0.29) is 5.91 Å². The molecule has 1 atom stereocenters. The average molecular weight is 250 g/mol. The molecule has 0 spiro atoms. The molecular formula is C13H22N4O. The zero-order chi connectivity index (χ0) is 13.5. The van der Waals surface area contributed by atoms with Crippen LogP contribution < -0.4 is 11.1 Å². The second-order valence-corrected chi connectivity index (χ2v) is 4.59. The number of carbonyl (C=O) groups is 1. The van der Waals surface area contributed by atoms with Crippen molar-refractivity contribution in [2.75, 3.05) is 13.1 Å². The minimum Gasteiger partial charge on any atom is -0.352 e. The van der Waals surface area contributed by atoms with Crippen LogP contribution in [0.15, 0.2) is 6.07 Å². The molecule has 1 unspecified atom stereocenters. The zero-order valence-electron chi connectivity index (χ0n) is 11.4. The third kappa shape index (κ3) is 4.07. The molecule has 1 aromatic heterocycles. The molecule has 0 saturated heterocycles. The lowest BCUT2D eigenvalue weighted by Crippen LogP contribution is -2.30. The fraction of sp³-hybridized carbons (Fsp3) is 0.615. The van der Waals surface area contributed by atoms with Crippen molar-refractivity contribution >= 4 is 5.91 Å². The average Bonchev–Trinajstić information content (AvgIpc) is 2.36. The van der Waals surface area contributed by atoms with Gasteiger partial charge >= 0.3 is 0 Å². The Morgan fingerprint density at radius 1 is 1.50 bits per heavy atom. The third-order valence-electron chi connectivity index (χ3n) is 2.84. The lowest BCUT2D eigenvalue weighted by atomic mass is 10.1. The van der Waals surface area contributed by atoms with Gasteiger partial charge in [0.05, 0.1) is 17.0 Å². The molecule has 0 aliphatic carbocycles. The van der Waals surface area contributed by atoms with Gasteiger partial charge in [-0.05, 0) is 38.3 Å². The normalized spacial score (nSPS) is 12.2. The first-order chi connectivity index (χ1) is 8.58. The van der Waals surface area contributed by atoms with Gasteiger partial charge in [0.2, 0.25) is 0 Å². The molecule has 1 rings (SSSR count). The summed E-state index contributed by atoms with van der Waals surface area (Å²) in [6.07, 6.45) is 1.61. The summed E-state index contributed by atoms with van der Waals surface area (Å²) in [4.78, 5) is 12.1. The Hall–Kier alpha value is -1.49.